The number of nitrogens with zero attached hydrogens (tertiary/aromatic N) is 2. The zero-order valence-corrected chi connectivity index (χ0v) is 14.2. The summed E-state index contributed by atoms with van der Waals surface area (Å²) in [4.78, 5) is 1.63. The summed E-state index contributed by atoms with van der Waals surface area (Å²) in [7, 11) is 1.70. The molecule has 6 heteroatoms. The Balaban J connectivity index is 2.01. The molecule has 25 heavy (non-hydrogen) atoms. The van der Waals surface area contributed by atoms with Crippen LogP contribution in [0.5, 0.6) is 0 Å². The number of para-hydroxylation sites is 1. The summed E-state index contributed by atoms with van der Waals surface area (Å²) in [6, 6.07) is 6.47. The van der Waals surface area contributed by atoms with Crippen molar-refractivity contribution in [2.24, 2.45) is 0 Å². The van der Waals surface area contributed by atoms with Crippen molar-refractivity contribution < 1.29 is 13.2 Å². The summed E-state index contributed by atoms with van der Waals surface area (Å²) in [6.07, 6.45) is 0.498. The van der Waals surface area contributed by atoms with Crippen molar-refractivity contribution in [3.8, 4) is 17.9 Å². The standard InChI is InChI=1S/C19H19F2N3O/c1-3-5-16-13(8-10-22)14-6-4-7-15(18(14)25-16)23-17-9-11-24(2)12-19(17,20)21/h4,6-7,17,23H,8-9,11-12H2,1-2H3. The molecule has 1 N–H and O–H groups in total. The van der Waals surface area contributed by atoms with Crippen LogP contribution in [0.1, 0.15) is 24.7 Å². The van der Waals surface area contributed by atoms with Crippen LogP contribution in [0.25, 0.3) is 11.0 Å². The van der Waals surface area contributed by atoms with Gasteiger partial charge in [0.25, 0.3) is 5.92 Å². The average molecular weight is 343 g/mol. The number of hydrogen-bond acceptors (Lipinski definition) is 4. The molecule has 1 unspecified atom stereocenters. The third-order valence-electron chi connectivity index (χ3n) is 4.43. The number of halogens is 2. The molecule has 2 heterocycles. The molecule has 1 aliphatic rings. The highest BCUT2D eigenvalue weighted by atomic mass is 19.3. The van der Waals surface area contributed by atoms with E-state index in [0.29, 0.717) is 35.6 Å². The largest absolute Gasteiger partial charge is 0.445 e. The maximum atomic E-state index is 14.3. The molecule has 2 aromatic rings. The minimum Gasteiger partial charge on any atom is -0.445 e. The molecule has 0 saturated carbocycles. The van der Waals surface area contributed by atoms with Crippen molar-refractivity contribution >= 4 is 16.7 Å². The number of alkyl halides is 2. The second-order valence-corrected chi connectivity index (χ2v) is 6.29. The van der Waals surface area contributed by atoms with Gasteiger partial charge in [-0.2, -0.15) is 5.26 Å². The fourth-order valence-corrected chi connectivity index (χ4v) is 3.23. The number of piperidine rings is 1. The first kappa shape index (κ1) is 17.3. The summed E-state index contributed by atoms with van der Waals surface area (Å²) in [5, 5.41) is 12.7. The van der Waals surface area contributed by atoms with Gasteiger partial charge in [0.15, 0.2) is 11.3 Å². The molecule has 0 spiro atoms. The first-order valence-electron chi connectivity index (χ1n) is 8.13. The second-order valence-electron chi connectivity index (χ2n) is 6.29. The van der Waals surface area contributed by atoms with Gasteiger partial charge in [-0.3, -0.25) is 0 Å². The van der Waals surface area contributed by atoms with Gasteiger partial charge in [0, 0.05) is 17.5 Å². The fraction of sp³-hybridized carbons (Fsp3) is 0.421. The zero-order chi connectivity index (χ0) is 18.0. The highest BCUT2D eigenvalue weighted by molar-refractivity contribution is 5.93. The second kappa shape index (κ2) is 6.74. The molecule has 1 fully saturated rings. The summed E-state index contributed by atoms with van der Waals surface area (Å²) in [5.74, 6) is 3.21. The third kappa shape index (κ3) is 3.31. The quantitative estimate of drug-likeness (QED) is 0.865. The molecule has 0 amide bonds. The minimum absolute atomic E-state index is 0.158. The molecule has 1 aromatic carbocycles. The Kier molecular flexibility index (Phi) is 4.65. The van der Waals surface area contributed by atoms with Gasteiger partial charge in [-0.1, -0.05) is 18.1 Å². The predicted molar refractivity (Wildman–Crippen MR) is 92.6 cm³/mol. The van der Waals surface area contributed by atoms with Crippen LogP contribution in [-0.2, 0) is 6.42 Å². The number of hydrogen-bond donors (Lipinski definition) is 1. The van der Waals surface area contributed by atoms with Crippen LogP contribution >= 0.6 is 0 Å². The van der Waals surface area contributed by atoms with Crippen molar-refractivity contribution in [3.05, 3.63) is 29.5 Å². The summed E-state index contributed by atoms with van der Waals surface area (Å²) in [5.41, 5.74) is 1.68. The van der Waals surface area contributed by atoms with Crippen LogP contribution in [0.2, 0.25) is 0 Å². The number of anilines is 1. The molecule has 0 bridgehead atoms. The molecular weight excluding hydrogens is 324 g/mol. The van der Waals surface area contributed by atoms with Gasteiger partial charge in [-0.05, 0) is 32.4 Å². The highest BCUT2D eigenvalue weighted by Crippen LogP contribution is 2.35. The third-order valence-corrected chi connectivity index (χ3v) is 4.43. The fourth-order valence-electron chi connectivity index (χ4n) is 3.23. The zero-order valence-electron chi connectivity index (χ0n) is 14.2. The van der Waals surface area contributed by atoms with E-state index in [0.717, 1.165) is 5.39 Å². The molecule has 1 aliphatic heterocycles. The van der Waals surface area contributed by atoms with E-state index in [1.54, 1.807) is 31.0 Å². The van der Waals surface area contributed by atoms with Gasteiger partial charge in [0.2, 0.25) is 0 Å². The van der Waals surface area contributed by atoms with Crippen LogP contribution in [-0.4, -0.2) is 37.0 Å². The Morgan fingerprint density at radius 1 is 1.44 bits per heavy atom. The molecule has 0 aliphatic carbocycles. The van der Waals surface area contributed by atoms with E-state index in [1.165, 1.54) is 0 Å². The molecule has 1 aromatic heterocycles. The summed E-state index contributed by atoms with van der Waals surface area (Å²) in [6.45, 7) is 2.01. The van der Waals surface area contributed by atoms with Gasteiger partial charge in [0.1, 0.15) is 0 Å². The molecular formula is C19H19F2N3O. The smallest absolute Gasteiger partial charge is 0.280 e. The Morgan fingerprint density at radius 3 is 2.92 bits per heavy atom. The molecule has 1 atom stereocenters. The van der Waals surface area contributed by atoms with Gasteiger partial charge in [-0.15, -0.1) is 0 Å². The lowest BCUT2D eigenvalue weighted by atomic mass is 10.0. The Morgan fingerprint density at radius 2 is 2.24 bits per heavy atom. The van der Waals surface area contributed by atoms with Crippen molar-refractivity contribution in [3.63, 3.8) is 0 Å². The first-order valence-corrected chi connectivity index (χ1v) is 8.13. The summed E-state index contributed by atoms with van der Waals surface area (Å²) >= 11 is 0. The number of nitriles is 1. The maximum absolute atomic E-state index is 14.3. The Labute approximate surface area is 145 Å². The first-order chi connectivity index (χ1) is 12.0. The van der Waals surface area contributed by atoms with Gasteiger partial charge >= 0.3 is 0 Å². The minimum atomic E-state index is -2.83. The number of nitrogens with one attached hydrogen (secondary N) is 1. The van der Waals surface area contributed by atoms with E-state index >= 15 is 0 Å². The van der Waals surface area contributed by atoms with Gasteiger partial charge in [-0.25, -0.2) is 8.78 Å². The molecule has 130 valence electrons. The van der Waals surface area contributed by atoms with E-state index < -0.39 is 12.0 Å². The van der Waals surface area contributed by atoms with E-state index in [4.69, 9.17) is 9.68 Å². The highest BCUT2D eigenvalue weighted by Gasteiger charge is 2.43. The van der Waals surface area contributed by atoms with Crippen molar-refractivity contribution in [1.82, 2.24) is 4.90 Å². The maximum Gasteiger partial charge on any atom is 0.280 e. The van der Waals surface area contributed by atoms with E-state index in [2.05, 4.69) is 23.2 Å². The van der Waals surface area contributed by atoms with Crippen LogP contribution in [0, 0.1) is 23.2 Å². The SMILES string of the molecule is CC#Cc1oc2c(NC3CCN(C)CC3(F)F)cccc2c1CC#N. The topological polar surface area (TPSA) is 52.2 Å². The molecule has 3 rings (SSSR count). The molecule has 4 nitrogen and oxygen atoms in total. The van der Waals surface area contributed by atoms with Crippen LogP contribution in [0.15, 0.2) is 22.6 Å². The Bertz CT molecular complexity index is 886. The molecule has 0 radical (unpaired) electrons. The van der Waals surface area contributed by atoms with Crippen LogP contribution in [0.4, 0.5) is 14.5 Å². The lowest BCUT2D eigenvalue weighted by molar-refractivity contribution is -0.0672. The lowest BCUT2D eigenvalue weighted by Crippen LogP contribution is -2.53. The van der Waals surface area contributed by atoms with E-state index in [-0.39, 0.29) is 13.0 Å². The van der Waals surface area contributed by atoms with Gasteiger partial charge < -0.3 is 14.6 Å². The monoisotopic (exact) mass is 343 g/mol. The number of furan rings is 1. The number of benzene rings is 1. The summed E-state index contributed by atoms with van der Waals surface area (Å²) < 4.78 is 34.5. The number of fused-ring (bicyclic) bond motifs is 1. The normalized spacial score (nSPS) is 19.9. The van der Waals surface area contributed by atoms with Crippen LogP contribution < -0.4 is 5.32 Å². The average Bonchev–Trinajstić information content (AvgIpc) is 2.89. The number of likely N-dealkylation sites (tertiary alicyclic amines) is 1. The van der Waals surface area contributed by atoms with Crippen molar-refractivity contribution in [1.29, 1.82) is 5.26 Å². The van der Waals surface area contributed by atoms with Crippen molar-refractivity contribution in [2.75, 3.05) is 25.5 Å². The van der Waals surface area contributed by atoms with E-state index in [1.807, 2.05) is 6.07 Å². The lowest BCUT2D eigenvalue weighted by Gasteiger charge is -2.37. The van der Waals surface area contributed by atoms with Gasteiger partial charge in [0.05, 0.1) is 30.8 Å². The van der Waals surface area contributed by atoms with E-state index in [9.17, 15) is 8.78 Å². The Hall–Kier alpha value is -2.57. The molecule has 1 saturated heterocycles. The van der Waals surface area contributed by atoms with Crippen molar-refractivity contribution in [2.45, 2.75) is 31.7 Å². The van der Waals surface area contributed by atoms with Crippen LogP contribution in [0.3, 0.4) is 0 Å². The predicted octanol–water partition coefficient (Wildman–Crippen LogP) is 3.62. The number of rotatable bonds is 3.